The zero-order valence-corrected chi connectivity index (χ0v) is 7.95. The van der Waals surface area contributed by atoms with E-state index in [1.54, 1.807) is 0 Å². The van der Waals surface area contributed by atoms with Crippen molar-refractivity contribution in [2.24, 2.45) is 0 Å². The average Bonchev–Trinajstić information content (AvgIpc) is 2.54. The van der Waals surface area contributed by atoms with Gasteiger partial charge in [-0.1, -0.05) is 0 Å². The lowest BCUT2D eigenvalue weighted by Gasteiger charge is -2.28. The fourth-order valence-corrected chi connectivity index (χ4v) is 2.50. The minimum absolute atomic E-state index is 0.0761. The quantitative estimate of drug-likeness (QED) is 0.435. The van der Waals surface area contributed by atoms with E-state index >= 15 is 0 Å². The molecule has 1 saturated carbocycles. The summed E-state index contributed by atoms with van der Waals surface area (Å²) in [5.74, 6) is -0.574. The topological polar surface area (TPSA) is 65.0 Å². The number of ether oxygens (including phenoxy) is 3. The van der Waals surface area contributed by atoms with Crippen LogP contribution in [-0.2, 0) is 19.0 Å². The van der Waals surface area contributed by atoms with Crippen molar-refractivity contribution < 1.29 is 24.1 Å². The molecule has 0 unspecified atom stereocenters. The molecule has 1 N–H and O–H groups in total. The fraction of sp³-hybridized carbons (Fsp3) is 0.750. The molecule has 1 aliphatic carbocycles. The number of hydrogen-bond acceptors (Lipinski definition) is 6. The molecule has 0 amide bonds. The van der Waals surface area contributed by atoms with Crippen LogP contribution in [0.25, 0.3) is 0 Å². The Morgan fingerprint density at radius 1 is 1.29 bits per heavy atom. The highest BCUT2D eigenvalue weighted by Crippen LogP contribution is 2.42. The molecule has 4 atom stereocenters. The van der Waals surface area contributed by atoms with Crippen LogP contribution in [0.5, 0.6) is 0 Å². The fourth-order valence-electron chi connectivity index (χ4n) is 2.27. The first-order chi connectivity index (χ1) is 6.58. The van der Waals surface area contributed by atoms with Gasteiger partial charge in [-0.05, 0) is 0 Å². The van der Waals surface area contributed by atoms with Gasteiger partial charge in [0.2, 0.25) is 0 Å². The predicted octanol–water partition coefficient (Wildman–Crippen LogP) is -0.494. The molecule has 0 aromatic carbocycles. The van der Waals surface area contributed by atoms with Crippen molar-refractivity contribution in [3.63, 3.8) is 0 Å². The van der Waals surface area contributed by atoms with E-state index in [4.69, 9.17) is 26.4 Å². The second-order valence-corrected chi connectivity index (χ2v) is 4.21. The first-order valence-corrected chi connectivity index (χ1v) is 4.80. The van der Waals surface area contributed by atoms with E-state index in [-0.39, 0.29) is 30.3 Å². The number of fused-ring (bicyclic) bond motifs is 4. The molecule has 76 valence electrons. The highest BCUT2D eigenvalue weighted by Gasteiger charge is 2.61. The number of carbonyl (C=O) groups excluding carboxylic acids is 1. The van der Waals surface area contributed by atoms with Crippen LogP contribution in [0, 0.1) is 0 Å². The van der Waals surface area contributed by atoms with Crippen molar-refractivity contribution >= 4 is 23.4 Å². The Morgan fingerprint density at radius 2 is 1.93 bits per heavy atom. The number of carbonyl (C=O) groups is 1. The molecule has 2 saturated heterocycles. The Labute approximate surface area is 84.9 Å². The van der Waals surface area contributed by atoms with Crippen molar-refractivity contribution in [3.8, 4) is 0 Å². The summed E-state index contributed by atoms with van der Waals surface area (Å²) in [7, 11) is 0. The van der Waals surface area contributed by atoms with Crippen LogP contribution >= 0.6 is 12.2 Å². The van der Waals surface area contributed by atoms with Gasteiger partial charge >= 0.3 is 11.2 Å². The van der Waals surface area contributed by atoms with Gasteiger partial charge in [0.25, 0.3) is 0 Å². The molecule has 3 fully saturated rings. The molecular formula is C8H8O5S. The lowest BCUT2D eigenvalue weighted by atomic mass is 9.82. The monoisotopic (exact) mass is 216 g/mol. The van der Waals surface area contributed by atoms with E-state index in [2.05, 4.69) is 0 Å². The maximum Gasteiger partial charge on any atom is 0.353 e. The third kappa shape index (κ3) is 0.923. The maximum absolute atomic E-state index is 11.3. The third-order valence-corrected chi connectivity index (χ3v) is 3.12. The first-order valence-electron chi connectivity index (χ1n) is 4.39. The summed E-state index contributed by atoms with van der Waals surface area (Å²) >= 11 is 4.75. The van der Waals surface area contributed by atoms with Gasteiger partial charge in [-0.2, -0.15) is 0 Å². The van der Waals surface area contributed by atoms with Crippen LogP contribution in [0.15, 0.2) is 0 Å². The Kier molecular flexibility index (Phi) is 1.43. The number of hydrogen-bond donors (Lipinski definition) is 1. The normalized spacial score (nSPS) is 49.4. The third-order valence-electron chi connectivity index (χ3n) is 2.93. The summed E-state index contributed by atoms with van der Waals surface area (Å²) in [5, 5.41) is 9.95. The van der Waals surface area contributed by atoms with Gasteiger partial charge in [0, 0.05) is 25.1 Å². The Bertz CT molecular complexity index is 328. The molecule has 6 heteroatoms. The van der Waals surface area contributed by atoms with Gasteiger partial charge in [0.05, 0.1) is 0 Å². The molecule has 2 aliphatic heterocycles. The Morgan fingerprint density at radius 3 is 2.64 bits per heavy atom. The van der Waals surface area contributed by atoms with E-state index in [0.29, 0.717) is 0 Å². The van der Waals surface area contributed by atoms with Crippen LogP contribution < -0.4 is 0 Å². The highest BCUT2D eigenvalue weighted by molar-refractivity contribution is 7.79. The van der Waals surface area contributed by atoms with Crippen molar-refractivity contribution in [2.75, 3.05) is 0 Å². The smallest absolute Gasteiger partial charge is 0.353 e. The van der Waals surface area contributed by atoms with E-state index in [0.717, 1.165) is 0 Å². The molecule has 2 heterocycles. The summed E-state index contributed by atoms with van der Waals surface area (Å²) in [5.41, 5.74) is -1.39. The largest absolute Gasteiger partial charge is 0.456 e. The average molecular weight is 216 g/mol. The van der Waals surface area contributed by atoms with E-state index in [1.165, 1.54) is 0 Å². The molecule has 5 nitrogen and oxygen atoms in total. The molecule has 2 bridgehead atoms. The van der Waals surface area contributed by atoms with E-state index in [9.17, 15) is 9.90 Å². The van der Waals surface area contributed by atoms with Crippen LogP contribution in [0.3, 0.4) is 0 Å². The standard InChI is InChI=1S/C8H8O5S/c9-6-8(10)1-3(11-6)5-4(2-8)12-7(14)13-5/h3-5,10H,1-2H2/t3-,4-,5+,8-/m1/s1. The molecule has 0 spiro atoms. The number of esters is 1. The van der Waals surface area contributed by atoms with Gasteiger partial charge < -0.3 is 19.3 Å². The van der Waals surface area contributed by atoms with E-state index < -0.39 is 17.7 Å². The first kappa shape index (κ1) is 8.43. The van der Waals surface area contributed by atoms with Gasteiger partial charge in [0.1, 0.15) is 12.2 Å². The summed E-state index contributed by atoms with van der Waals surface area (Å²) in [6, 6.07) is 0. The minimum Gasteiger partial charge on any atom is -0.456 e. The summed E-state index contributed by atoms with van der Waals surface area (Å²) in [6.45, 7) is 0. The minimum atomic E-state index is -1.39. The summed E-state index contributed by atoms with van der Waals surface area (Å²) in [6.07, 6.45) is -0.634. The number of aliphatic hydroxyl groups is 1. The molecule has 0 aromatic heterocycles. The zero-order valence-electron chi connectivity index (χ0n) is 7.13. The highest BCUT2D eigenvalue weighted by atomic mass is 32.1. The second kappa shape index (κ2) is 2.38. The number of rotatable bonds is 0. The molecule has 14 heavy (non-hydrogen) atoms. The molecule has 0 aromatic rings. The molecule has 3 aliphatic rings. The van der Waals surface area contributed by atoms with E-state index in [1.807, 2.05) is 0 Å². The van der Waals surface area contributed by atoms with Gasteiger partial charge in [-0.3, -0.25) is 0 Å². The lowest BCUT2D eigenvalue weighted by molar-refractivity contribution is -0.154. The van der Waals surface area contributed by atoms with Gasteiger partial charge in [-0.25, -0.2) is 4.79 Å². The van der Waals surface area contributed by atoms with Crippen molar-refractivity contribution in [1.82, 2.24) is 0 Å². The molecule has 3 rings (SSSR count). The van der Waals surface area contributed by atoms with Crippen LogP contribution in [0.1, 0.15) is 12.8 Å². The van der Waals surface area contributed by atoms with Gasteiger partial charge in [0.15, 0.2) is 11.7 Å². The lowest BCUT2D eigenvalue weighted by Crippen LogP contribution is -2.47. The van der Waals surface area contributed by atoms with Crippen LogP contribution in [-0.4, -0.2) is 40.2 Å². The molecule has 0 radical (unpaired) electrons. The van der Waals surface area contributed by atoms with Crippen molar-refractivity contribution in [3.05, 3.63) is 0 Å². The van der Waals surface area contributed by atoms with Gasteiger partial charge in [-0.15, -0.1) is 0 Å². The second-order valence-electron chi connectivity index (χ2n) is 3.87. The van der Waals surface area contributed by atoms with Crippen molar-refractivity contribution in [2.45, 2.75) is 36.8 Å². The van der Waals surface area contributed by atoms with Crippen molar-refractivity contribution in [1.29, 1.82) is 0 Å². The predicted molar refractivity (Wildman–Crippen MR) is 46.4 cm³/mol. The summed E-state index contributed by atoms with van der Waals surface area (Å²) < 4.78 is 15.4. The van der Waals surface area contributed by atoms with Crippen LogP contribution in [0.4, 0.5) is 0 Å². The van der Waals surface area contributed by atoms with Crippen LogP contribution in [0.2, 0.25) is 0 Å². The zero-order chi connectivity index (χ0) is 9.92. The Balaban J connectivity index is 1.94. The SMILES string of the molecule is O=C1O[C@@H]2C[C@@]1(O)C[C@H]1OC(=S)O[C@@H]21. The maximum atomic E-state index is 11.3. The Hall–Kier alpha value is -0.880. The molecular weight excluding hydrogens is 208 g/mol. The summed E-state index contributed by atoms with van der Waals surface area (Å²) in [4.78, 5) is 11.3. The number of thiocarbonyl (C=S) groups is 1.